The van der Waals surface area contributed by atoms with Crippen LogP contribution in [0.25, 0.3) is 0 Å². The van der Waals surface area contributed by atoms with Crippen LogP contribution in [0.1, 0.15) is 52.4 Å². The zero-order valence-electron chi connectivity index (χ0n) is 12.1. The predicted molar refractivity (Wildman–Crippen MR) is 77.5 cm³/mol. The van der Waals surface area contributed by atoms with Gasteiger partial charge in [0.05, 0.1) is 5.75 Å². The Morgan fingerprint density at radius 2 is 1.89 bits per heavy atom. The van der Waals surface area contributed by atoms with Gasteiger partial charge in [-0.2, -0.15) is 0 Å². The fourth-order valence-electron chi connectivity index (χ4n) is 2.84. The molecule has 1 N–H and O–H groups in total. The molecule has 2 atom stereocenters. The first-order valence-corrected chi connectivity index (χ1v) is 9.35. The zero-order chi connectivity index (χ0) is 13.6. The molecule has 4 heteroatoms. The largest absolute Gasteiger partial charge is 0.314 e. The van der Waals surface area contributed by atoms with Crippen LogP contribution in [0.2, 0.25) is 0 Å². The normalized spacial score (nSPS) is 26.2. The van der Waals surface area contributed by atoms with Crippen LogP contribution < -0.4 is 5.32 Å². The van der Waals surface area contributed by atoms with Gasteiger partial charge in [0.25, 0.3) is 0 Å². The summed E-state index contributed by atoms with van der Waals surface area (Å²) in [5.74, 6) is 1.99. The van der Waals surface area contributed by atoms with Crippen molar-refractivity contribution in [1.29, 1.82) is 0 Å². The highest BCUT2D eigenvalue weighted by atomic mass is 32.2. The summed E-state index contributed by atoms with van der Waals surface area (Å²) in [5, 5.41) is 3.53. The smallest absolute Gasteiger partial charge is 0.147 e. The Balaban J connectivity index is 2.20. The number of hydrogen-bond donors (Lipinski definition) is 1. The molecule has 0 amide bonds. The number of nitrogens with one attached hydrogen (secondary N) is 1. The first-order valence-electron chi connectivity index (χ1n) is 7.29. The van der Waals surface area contributed by atoms with Gasteiger partial charge in [0.1, 0.15) is 9.84 Å². The van der Waals surface area contributed by atoms with E-state index in [0.717, 1.165) is 24.8 Å². The fourth-order valence-corrected chi connectivity index (χ4v) is 3.51. The van der Waals surface area contributed by atoms with E-state index in [9.17, 15) is 8.42 Å². The molecule has 108 valence electrons. The van der Waals surface area contributed by atoms with Crippen molar-refractivity contribution in [2.45, 2.75) is 58.4 Å². The van der Waals surface area contributed by atoms with Crippen LogP contribution in [0.3, 0.4) is 0 Å². The standard InChI is InChI=1S/C14H29NO2S/c1-12(2)13-6-4-7-14(9-8-13)15-10-5-11-18(3,16)17/h12-15H,4-11H2,1-3H3. The predicted octanol–water partition coefficient (Wildman–Crippen LogP) is 2.62. The Kier molecular flexibility index (Phi) is 6.64. The monoisotopic (exact) mass is 275 g/mol. The highest BCUT2D eigenvalue weighted by molar-refractivity contribution is 7.90. The maximum absolute atomic E-state index is 11.0. The summed E-state index contributed by atoms with van der Waals surface area (Å²) in [7, 11) is -2.79. The lowest BCUT2D eigenvalue weighted by atomic mass is 9.89. The lowest BCUT2D eigenvalue weighted by Crippen LogP contribution is -2.30. The maximum Gasteiger partial charge on any atom is 0.147 e. The van der Waals surface area contributed by atoms with Gasteiger partial charge in [0.2, 0.25) is 0 Å². The van der Waals surface area contributed by atoms with Crippen molar-refractivity contribution in [3.8, 4) is 0 Å². The Labute approximate surface area is 113 Å². The highest BCUT2D eigenvalue weighted by Crippen LogP contribution is 2.28. The Morgan fingerprint density at radius 1 is 1.17 bits per heavy atom. The van der Waals surface area contributed by atoms with E-state index in [1.807, 2.05) is 0 Å². The topological polar surface area (TPSA) is 46.2 Å². The summed E-state index contributed by atoms with van der Waals surface area (Å²) >= 11 is 0. The van der Waals surface area contributed by atoms with Crippen LogP contribution in [-0.4, -0.2) is 33.0 Å². The summed E-state index contributed by atoms with van der Waals surface area (Å²) in [6.45, 7) is 5.49. The molecule has 0 radical (unpaired) electrons. The van der Waals surface area contributed by atoms with Gasteiger partial charge in [-0.05, 0) is 44.1 Å². The van der Waals surface area contributed by atoms with Gasteiger partial charge in [0.15, 0.2) is 0 Å². The second kappa shape index (κ2) is 7.49. The molecule has 1 fully saturated rings. The Bertz CT molecular complexity index is 325. The van der Waals surface area contributed by atoms with E-state index in [2.05, 4.69) is 19.2 Å². The third-order valence-electron chi connectivity index (χ3n) is 4.08. The molecular weight excluding hydrogens is 246 g/mol. The van der Waals surface area contributed by atoms with Crippen LogP contribution in [-0.2, 0) is 9.84 Å². The third kappa shape index (κ3) is 6.74. The van der Waals surface area contributed by atoms with Crippen LogP contribution in [0.5, 0.6) is 0 Å². The number of sulfone groups is 1. The molecule has 0 bridgehead atoms. The number of rotatable bonds is 6. The van der Waals surface area contributed by atoms with E-state index in [4.69, 9.17) is 0 Å². The molecule has 3 nitrogen and oxygen atoms in total. The van der Waals surface area contributed by atoms with Gasteiger partial charge in [-0.1, -0.05) is 26.7 Å². The molecule has 0 spiro atoms. The third-order valence-corrected chi connectivity index (χ3v) is 5.11. The van der Waals surface area contributed by atoms with Gasteiger partial charge in [-0.25, -0.2) is 8.42 Å². The van der Waals surface area contributed by atoms with E-state index >= 15 is 0 Å². The van der Waals surface area contributed by atoms with Crippen molar-refractivity contribution >= 4 is 9.84 Å². The minimum absolute atomic E-state index is 0.307. The summed E-state index contributed by atoms with van der Waals surface area (Å²) < 4.78 is 22.1. The van der Waals surface area contributed by atoms with Crippen molar-refractivity contribution in [3.05, 3.63) is 0 Å². The minimum atomic E-state index is -2.79. The van der Waals surface area contributed by atoms with Gasteiger partial charge >= 0.3 is 0 Å². The van der Waals surface area contributed by atoms with Crippen molar-refractivity contribution in [2.24, 2.45) is 11.8 Å². The van der Waals surface area contributed by atoms with Crippen molar-refractivity contribution in [3.63, 3.8) is 0 Å². The van der Waals surface area contributed by atoms with E-state index in [1.165, 1.54) is 38.4 Å². The molecular formula is C14H29NO2S. The molecule has 0 aromatic carbocycles. The first kappa shape index (κ1) is 16.0. The fraction of sp³-hybridized carbons (Fsp3) is 1.00. The zero-order valence-corrected chi connectivity index (χ0v) is 12.9. The van der Waals surface area contributed by atoms with Crippen molar-refractivity contribution in [1.82, 2.24) is 5.32 Å². The molecule has 1 aliphatic rings. The molecule has 18 heavy (non-hydrogen) atoms. The Hall–Kier alpha value is -0.0900. The average molecular weight is 275 g/mol. The van der Waals surface area contributed by atoms with Gasteiger partial charge in [-0.3, -0.25) is 0 Å². The summed E-state index contributed by atoms with van der Waals surface area (Å²) in [5.41, 5.74) is 0. The Morgan fingerprint density at radius 3 is 2.50 bits per heavy atom. The molecule has 1 saturated carbocycles. The lowest BCUT2D eigenvalue weighted by Gasteiger charge is -2.19. The van der Waals surface area contributed by atoms with Crippen LogP contribution in [0.4, 0.5) is 0 Å². The molecule has 0 heterocycles. The average Bonchev–Trinajstić information content (AvgIpc) is 2.48. The molecule has 0 saturated heterocycles. The summed E-state index contributed by atoms with van der Waals surface area (Å²) in [4.78, 5) is 0. The van der Waals surface area contributed by atoms with E-state index in [1.54, 1.807) is 0 Å². The molecule has 2 unspecified atom stereocenters. The van der Waals surface area contributed by atoms with Crippen LogP contribution in [0, 0.1) is 11.8 Å². The van der Waals surface area contributed by atoms with E-state index < -0.39 is 9.84 Å². The van der Waals surface area contributed by atoms with Crippen LogP contribution >= 0.6 is 0 Å². The second-order valence-corrected chi connectivity index (χ2v) is 8.41. The van der Waals surface area contributed by atoms with Gasteiger partial charge in [0, 0.05) is 12.3 Å². The SMILES string of the molecule is CC(C)C1CCCC(NCCCS(C)(=O)=O)CC1. The quantitative estimate of drug-likeness (QED) is 0.599. The minimum Gasteiger partial charge on any atom is -0.314 e. The maximum atomic E-state index is 11.0. The second-order valence-electron chi connectivity index (χ2n) is 6.15. The highest BCUT2D eigenvalue weighted by Gasteiger charge is 2.20. The molecule has 0 aliphatic heterocycles. The van der Waals surface area contributed by atoms with E-state index in [0.29, 0.717) is 11.8 Å². The summed E-state index contributed by atoms with van der Waals surface area (Å²) in [6.07, 6.45) is 8.55. The molecule has 1 aliphatic carbocycles. The number of hydrogen-bond acceptors (Lipinski definition) is 3. The molecule has 0 aromatic rings. The van der Waals surface area contributed by atoms with Gasteiger partial charge < -0.3 is 5.32 Å². The lowest BCUT2D eigenvalue weighted by molar-refractivity contribution is 0.338. The first-order chi connectivity index (χ1) is 8.38. The van der Waals surface area contributed by atoms with Crippen molar-refractivity contribution in [2.75, 3.05) is 18.6 Å². The molecule has 0 aromatic heterocycles. The van der Waals surface area contributed by atoms with Crippen LogP contribution in [0.15, 0.2) is 0 Å². The summed E-state index contributed by atoms with van der Waals surface area (Å²) in [6, 6.07) is 0.605. The molecule has 1 rings (SSSR count). The van der Waals surface area contributed by atoms with Gasteiger partial charge in [-0.15, -0.1) is 0 Å². The van der Waals surface area contributed by atoms with Crippen molar-refractivity contribution < 1.29 is 8.42 Å². The van der Waals surface area contributed by atoms with E-state index in [-0.39, 0.29) is 0 Å².